The Morgan fingerprint density at radius 3 is 2.36 bits per heavy atom. The van der Waals surface area contributed by atoms with Crippen LogP contribution in [-0.2, 0) is 6.54 Å². The van der Waals surface area contributed by atoms with E-state index in [1.165, 1.54) is 16.5 Å². The molecule has 3 aromatic rings. The molecule has 3 rings (SSSR count). The van der Waals surface area contributed by atoms with Gasteiger partial charge in [0.05, 0.1) is 0 Å². The molecule has 0 bridgehead atoms. The van der Waals surface area contributed by atoms with E-state index in [1.807, 2.05) is 12.1 Å². The third-order valence-corrected chi connectivity index (χ3v) is 3.84. The highest BCUT2D eigenvalue weighted by Crippen LogP contribution is 2.26. The van der Waals surface area contributed by atoms with Gasteiger partial charge in [0, 0.05) is 30.2 Å². The second-order valence-corrected chi connectivity index (χ2v) is 5.42. The first-order valence-electron chi connectivity index (χ1n) is 7.23. The molecule has 1 amide bonds. The fourth-order valence-electron chi connectivity index (χ4n) is 2.67. The fourth-order valence-corrected chi connectivity index (χ4v) is 2.67. The van der Waals surface area contributed by atoms with Gasteiger partial charge in [0.15, 0.2) is 0 Å². The number of rotatable bonds is 4. The highest BCUT2D eigenvalue weighted by atomic mass is 16.1. The molecule has 0 unspecified atom stereocenters. The maximum atomic E-state index is 11.1. The molecule has 0 aliphatic rings. The Balaban J connectivity index is 1.87. The predicted octanol–water partition coefficient (Wildman–Crippen LogP) is 3.58. The van der Waals surface area contributed by atoms with E-state index in [0.29, 0.717) is 5.56 Å². The number of carbonyl (C=O) groups excluding carboxylic acids is 1. The second-order valence-electron chi connectivity index (χ2n) is 5.42. The van der Waals surface area contributed by atoms with E-state index < -0.39 is 5.91 Å². The Hall–Kier alpha value is -2.81. The van der Waals surface area contributed by atoms with Crippen molar-refractivity contribution in [2.75, 3.05) is 11.9 Å². The van der Waals surface area contributed by atoms with Crippen LogP contribution in [-0.4, -0.2) is 13.0 Å². The number of amides is 1. The molecule has 0 atom stereocenters. The van der Waals surface area contributed by atoms with Gasteiger partial charge in [-0.25, -0.2) is 0 Å². The Kier molecular flexibility index (Phi) is 3.79. The highest BCUT2D eigenvalue weighted by molar-refractivity contribution is 5.94. The van der Waals surface area contributed by atoms with Gasteiger partial charge in [0.25, 0.3) is 0 Å². The lowest BCUT2D eigenvalue weighted by molar-refractivity contribution is 0.100. The van der Waals surface area contributed by atoms with Gasteiger partial charge in [-0.1, -0.05) is 48.5 Å². The number of nitrogens with two attached hydrogens (primary N) is 1. The van der Waals surface area contributed by atoms with Crippen molar-refractivity contribution in [2.24, 2.45) is 5.73 Å². The molecule has 0 aliphatic carbocycles. The quantitative estimate of drug-likeness (QED) is 0.798. The van der Waals surface area contributed by atoms with Crippen LogP contribution in [0.25, 0.3) is 10.8 Å². The zero-order chi connectivity index (χ0) is 15.5. The minimum Gasteiger partial charge on any atom is -0.370 e. The summed E-state index contributed by atoms with van der Waals surface area (Å²) >= 11 is 0. The zero-order valence-electron chi connectivity index (χ0n) is 12.5. The van der Waals surface area contributed by atoms with Crippen LogP contribution in [0, 0.1) is 0 Å². The molecule has 0 heterocycles. The summed E-state index contributed by atoms with van der Waals surface area (Å²) in [5, 5.41) is 2.47. The molecule has 0 saturated carbocycles. The predicted molar refractivity (Wildman–Crippen MR) is 91.0 cm³/mol. The van der Waals surface area contributed by atoms with Crippen molar-refractivity contribution < 1.29 is 4.79 Å². The Labute approximate surface area is 130 Å². The summed E-state index contributed by atoms with van der Waals surface area (Å²) in [7, 11) is 2.07. The third kappa shape index (κ3) is 2.79. The molecule has 3 aromatic carbocycles. The molecule has 2 N–H and O–H groups in total. The smallest absolute Gasteiger partial charge is 0.248 e. The Morgan fingerprint density at radius 1 is 0.955 bits per heavy atom. The summed E-state index contributed by atoms with van der Waals surface area (Å²) in [5.41, 5.74) is 8.14. The van der Waals surface area contributed by atoms with E-state index in [-0.39, 0.29) is 0 Å². The molecular formula is C19H18N2O. The average Bonchev–Trinajstić information content (AvgIpc) is 2.54. The number of hydrogen-bond acceptors (Lipinski definition) is 2. The van der Waals surface area contributed by atoms with Gasteiger partial charge in [-0.15, -0.1) is 0 Å². The Bertz CT molecular complexity index is 804. The van der Waals surface area contributed by atoms with Crippen LogP contribution in [0.4, 0.5) is 5.69 Å². The molecule has 3 heteroatoms. The lowest BCUT2D eigenvalue weighted by Crippen LogP contribution is -2.17. The van der Waals surface area contributed by atoms with E-state index in [4.69, 9.17) is 5.73 Å². The number of nitrogens with zero attached hydrogens (tertiary/aromatic N) is 1. The minimum absolute atomic E-state index is 0.394. The van der Waals surface area contributed by atoms with Crippen molar-refractivity contribution in [3.63, 3.8) is 0 Å². The van der Waals surface area contributed by atoms with Crippen molar-refractivity contribution in [2.45, 2.75) is 6.54 Å². The largest absolute Gasteiger partial charge is 0.370 e. The number of hydrogen-bond donors (Lipinski definition) is 1. The van der Waals surface area contributed by atoms with Crippen molar-refractivity contribution in [3.8, 4) is 0 Å². The average molecular weight is 290 g/mol. The first-order valence-corrected chi connectivity index (χ1v) is 7.23. The lowest BCUT2D eigenvalue weighted by Gasteiger charge is -2.21. The van der Waals surface area contributed by atoms with Crippen LogP contribution >= 0.6 is 0 Å². The van der Waals surface area contributed by atoms with Gasteiger partial charge in [-0.05, 0) is 29.1 Å². The molecule has 3 nitrogen and oxygen atoms in total. The standard InChI is InChI=1S/C19H18N2O/c1-21(13-14-9-11-16(12-10-14)19(20)22)18-8-4-6-15-5-2-3-7-17(15)18/h2-12H,13H2,1H3,(H2,20,22). The van der Waals surface area contributed by atoms with Crippen molar-refractivity contribution in [1.29, 1.82) is 0 Å². The Morgan fingerprint density at radius 2 is 1.64 bits per heavy atom. The summed E-state index contributed by atoms with van der Waals surface area (Å²) in [6.07, 6.45) is 0. The van der Waals surface area contributed by atoms with Crippen LogP contribution in [0.3, 0.4) is 0 Å². The number of carbonyl (C=O) groups is 1. The number of fused-ring (bicyclic) bond motifs is 1. The fraction of sp³-hybridized carbons (Fsp3) is 0.105. The third-order valence-electron chi connectivity index (χ3n) is 3.84. The van der Waals surface area contributed by atoms with E-state index >= 15 is 0 Å². The summed E-state index contributed by atoms with van der Waals surface area (Å²) in [6.45, 7) is 0.771. The van der Waals surface area contributed by atoms with Crippen molar-refractivity contribution >= 4 is 22.4 Å². The maximum Gasteiger partial charge on any atom is 0.248 e. The van der Waals surface area contributed by atoms with Crippen LogP contribution in [0.2, 0.25) is 0 Å². The molecule has 0 radical (unpaired) electrons. The van der Waals surface area contributed by atoms with Crippen LogP contribution < -0.4 is 10.6 Å². The summed E-state index contributed by atoms with van der Waals surface area (Å²) in [4.78, 5) is 13.3. The normalized spacial score (nSPS) is 10.6. The summed E-state index contributed by atoms with van der Waals surface area (Å²) in [6, 6.07) is 22.1. The van der Waals surface area contributed by atoms with Gasteiger partial charge < -0.3 is 10.6 Å². The van der Waals surface area contributed by atoms with Crippen LogP contribution in [0.1, 0.15) is 15.9 Å². The van der Waals surface area contributed by atoms with Crippen molar-refractivity contribution in [3.05, 3.63) is 77.9 Å². The minimum atomic E-state index is -0.394. The molecule has 0 fully saturated rings. The second kappa shape index (κ2) is 5.90. The molecule has 110 valence electrons. The zero-order valence-corrected chi connectivity index (χ0v) is 12.5. The first-order chi connectivity index (χ1) is 10.6. The number of primary amides is 1. The number of benzene rings is 3. The van der Waals surface area contributed by atoms with E-state index in [1.54, 1.807) is 12.1 Å². The topological polar surface area (TPSA) is 46.3 Å². The first kappa shape index (κ1) is 14.1. The monoisotopic (exact) mass is 290 g/mol. The van der Waals surface area contributed by atoms with Crippen molar-refractivity contribution in [1.82, 2.24) is 0 Å². The van der Waals surface area contributed by atoms with Crippen LogP contribution in [0.5, 0.6) is 0 Å². The molecule has 0 aromatic heterocycles. The van der Waals surface area contributed by atoms with E-state index in [9.17, 15) is 4.79 Å². The van der Waals surface area contributed by atoms with Gasteiger partial charge in [0.2, 0.25) is 5.91 Å². The summed E-state index contributed by atoms with van der Waals surface area (Å²) < 4.78 is 0. The van der Waals surface area contributed by atoms with E-state index in [2.05, 4.69) is 54.4 Å². The van der Waals surface area contributed by atoms with Gasteiger partial charge >= 0.3 is 0 Å². The number of anilines is 1. The van der Waals surface area contributed by atoms with Gasteiger partial charge in [-0.2, -0.15) is 0 Å². The molecule has 0 spiro atoms. The molecule has 22 heavy (non-hydrogen) atoms. The molecule has 0 saturated heterocycles. The SMILES string of the molecule is CN(Cc1ccc(C(N)=O)cc1)c1cccc2ccccc12. The molecule has 0 aliphatic heterocycles. The molecular weight excluding hydrogens is 272 g/mol. The summed E-state index contributed by atoms with van der Waals surface area (Å²) in [5.74, 6) is -0.394. The highest BCUT2D eigenvalue weighted by Gasteiger charge is 2.07. The van der Waals surface area contributed by atoms with Gasteiger partial charge in [-0.3, -0.25) is 4.79 Å². The lowest BCUT2D eigenvalue weighted by atomic mass is 10.1. The van der Waals surface area contributed by atoms with Crippen LogP contribution in [0.15, 0.2) is 66.7 Å². The van der Waals surface area contributed by atoms with Gasteiger partial charge in [0.1, 0.15) is 0 Å². The van der Waals surface area contributed by atoms with E-state index in [0.717, 1.165) is 12.1 Å². The maximum absolute atomic E-state index is 11.1.